The molecule has 30 heavy (non-hydrogen) atoms. The van der Waals surface area contributed by atoms with Crippen LogP contribution >= 0.6 is 67.8 Å². The van der Waals surface area contributed by atoms with Gasteiger partial charge >= 0.3 is 0 Å². The number of halogens is 3. The first-order valence-corrected chi connectivity index (χ1v) is 11.9. The van der Waals surface area contributed by atoms with Crippen LogP contribution in [0, 0.1) is 10.7 Å². The van der Waals surface area contributed by atoms with Crippen LogP contribution in [0.15, 0.2) is 0 Å². The van der Waals surface area contributed by atoms with Gasteiger partial charge in [0.05, 0.1) is 47.4 Å². The first-order chi connectivity index (χ1) is 14.1. The highest BCUT2D eigenvalue weighted by Gasteiger charge is 2.32. The zero-order valence-corrected chi connectivity index (χ0v) is 22.4. The molecule has 0 saturated heterocycles. The van der Waals surface area contributed by atoms with Gasteiger partial charge in [-0.15, -0.1) is 0 Å². The van der Waals surface area contributed by atoms with Crippen LogP contribution in [0.1, 0.15) is 15.9 Å². The van der Waals surface area contributed by atoms with Crippen molar-refractivity contribution < 1.29 is 40.2 Å². The molecule has 0 saturated carbocycles. The van der Waals surface area contributed by atoms with Gasteiger partial charge in [-0.2, -0.15) is 0 Å². The highest BCUT2D eigenvalue weighted by atomic mass is 127. The average molecular weight is 764 g/mol. The van der Waals surface area contributed by atoms with Gasteiger partial charge in [0.15, 0.2) is 6.10 Å². The number of hydrogen-bond acceptors (Lipinski definition) is 8. The molecule has 0 spiro atoms. The van der Waals surface area contributed by atoms with Crippen molar-refractivity contribution in [1.29, 1.82) is 0 Å². The molecule has 13 heteroatoms. The molecule has 6 N–H and O–H groups in total. The molecule has 0 radical (unpaired) electrons. The van der Waals surface area contributed by atoms with Gasteiger partial charge in [-0.3, -0.25) is 9.59 Å². The standard InChI is InChI=1S/C17H23I3N2O8/c1-21(4-8(27)5-24)17(30)11-12(18)9(6-25)13(19)15(14(11)20)22(2-3-23)16(29)10(28)7-26/h8,10,23-28H,2-7H2,1H3. The molecule has 0 aliphatic heterocycles. The molecular formula is C17H23I3N2O8. The maximum Gasteiger partial charge on any atom is 0.258 e. The van der Waals surface area contributed by atoms with Crippen LogP contribution in [0.5, 0.6) is 0 Å². The number of carbonyl (C=O) groups is 2. The fraction of sp³-hybridized carbons (Fsp3) is 0.529. The van der Waals surface area contributed by atoms with Crippen LogP contribution in [0.3, 0.4) is 0 Å². The lowest BCUT2D eigenvalue weighted by Gasteiger charge is -2.30. The summed E-state index contributed by atoms with van der Waals surface area (Å²) in [5, 5.41) is 57.0. The van der Waals surface area contributed by atoms with E-state index in [1.807, 2.05) is 67.8 Å². The molecular weight excluding hydrogens is 741 g/mol. The summed E-state index contributed by atoms with van der Waals surface area (Å²) in [6.45, 7) is -2.57. The lowest BCUT2D eigenvalue weighted by Crippen LogP contribution is -2.44. The number of amides is 2. The van der Waals surface area contributed by atoms with Gasteiger partial charge in [0.2, 0.25) is 0 Å². The van der Waals surface area contributed by atoms with E-state index in [1.54, 1.807) is 0 Å². The first-order valence-electron chi connectivity index (χ1n) is 8.62. The Balaban J connectivity index is 3.70. The highest BCUT2D eigenvalue weighted by molar-refractivity contribution is 14.1. The van der Waals surface area contributed by atoms with Gasteiger partial charge in [-0.1, -0.05) is 0 Å². The second kappa shape index (κ2) is 13.0. The van der Waals surface area contributed by atoms with E-state index in [1.165, 1.54) is 11.9 Å². The second-order valence-electron chi connectivity index (χ2n) is 6.24. The van der Waals surface area contributed by atoms with E-state index in [4.69, 9.17) is 10.2 Å². The average Bonchev–Trinajstić information content (AvgIpc) is 2.71. The van der Waals surface area contributed by atoms with Crippen LogP contribution in [0.2, 0.25) is 0 Å². The molecule has 1 aromatic rings. The fourth-order valence-electron chi connectivity index (χ4n) is 2.60. The van der Waals surface area contributed by atoms with E-state index in [2.05, 4.69) is 0 Å². The summed E-state index contributed by atoms with van der Waals surface area (Å²) in [7, 11) is 1.44. The molecule has 170 valence electrons. The molecule has 0 bridgehead atoms. The first kappa shape index (κ1) is 28.1. The smallest absolute Gasteiger partial charge is 0.258 e. The summed E-state index contributed by atoms with van der Waals surface area (Å²) in [6.07, 6.45) is -2.86. The van der Waals surface area contributed by atoms with Gasteiger partial charge in [0.1, 0.15) is 0 Å². The number of benzene rings is 1. The summed E-state index contributed by atoms with van der Waals surface area (Å²) in [6, 6.07) is 0. The molecule has 10 nitrogen and oxygen atoms in total. The Hall–Kier alpha value is 0.110. The monoisotopic (exact) mass is 764 g/mol. The Morgan fingerprint density at radius 2 is 1.57 bits per heavy atom. The number of aliphatic hydroxyl groups is 6. The van der Waals surface area contributed by atoms with E-state index < -0.39 is 50.4 Å². The number of hydrogen-bond donors (Lipinski definition) is 6. The van der Waals surface area contributed by atoms with Crippen LogP contribution in [-0.4, -0.2) is 99.5 Å². The zero-order chi connectivity index (χ0) is 23.2. The number of anilines is 1. The normalized spacial score (nSPS) is 13.1. The van der Waals surface area contributed by atoms with E-state index in [9.17, 15) is 30.0 Å². The largest absolute Gasteiger partial charge is 0.395 e. The maximum absolute atomic E-state index is 13.1. The quantitative estimate of drug-likeness (QED) is 0.167. The molecule has 0 heterocycles. The third-order valence-electron chi connectivity index (χ3n) is 4.12. The van der Waals surface area contributed by atoms with Crippen molar-refractivity contribution >= 4 is 85.3 Å². The van der Waals surface area contributed by atoms with Crippen LogP contribution in [-0.2, 0) is 11.4 Å². The van der Waals surface area contributed by atoms with Crippen LogP contribution in [0.25, 0.3) is 0 Å². The predicted octanol–water partition coefficient (Wildman–Crippen LogP) is -0.904. The van der Waals surface area contributed by atoms with Gasteiger partial charge in [-0.25, -0.2) is 0 Å². The Labute approximate surface area is 214 Å². The van der Waals surface area contributed by atoms with Crippen molar-refractivity contribution in [3.63, 3.8) is 0 Å². The van der Waals surface area contributed by atoms with E-state index in [-0.39, 0.29) is 24.3 Å². The summed E-state index contributed by atoms with van der Waals surface area (Å²) in [4.78, 5) is 28.0. The number of aliphatic hydroxyl groups excluding tert-OH is 6. The number of nitrogens with zero attached hydrogens (tertiary/aromatic N) is 2. The van der Waals surface area contributed by atoms with E-state index >= 15 is 0 Å². The molecule has 0 aliphatic carbocycles. The van der Waals surface area contributed by atoms with Gasteiger partial charge in [-0.05, 0) is 67.8 Å². The minimum Gasteiger partial charge on any atom is -0.395 e. The molecule has 0 aliphatic rings. The Bertz CT molecular complexity index is 780. The lowest BCUT2D eigenvalue weighted by atomic mass is 10.1. The molecule has 1 rings (SSSR count). The summed E-state index contributed by atoms with van der Waals surface area (Å²) in [5.41, 5.74) is 0.754. The topological polar surface area (TPSA) is 162 Å². The SMILES string of the molecule is CN(CC(O)CO)C(=O)c1c(I)c(CO)c(I)c(N(CCO)C(=O)C(O)CO)c1I. The van der Waals surface area contributed by atoms with Crippen molar-refractivity contribution in [3.05, 3.63) is 21.8 Å². The number of carbonyl (C=O) groups excluding carboxylic acids is 2. The minimum atomic E-state index is -1.72. The number of rotatable bonds is 10. The van der Waals surface area contributed by atoms with Crippen molar-refractivity contribution in [2.24, 2.45) is 0 Å². The van der Waals surface area contributed by atoms with E-state index in [0.717, 1.165) is 4.90 Å². The summed E-state index contributed by atoms with van der Waals surface area (Å²) in [5.74, 6) is -1.38. The Morgan fingerprint density at radius 3 is 2.03 bits per heavy atom. The third-order valence-corrected chi connectivity index (χ3v) is 7.52. The molecule has 1 aromatic carbocycles. The molecule has 2 atom stereocenters. The van der Waals surface area contributed by atoms with Gasteiger partial charge < -0.3 is 40.4 Å². The fourth-order valence-corrected chi connectivity index (χ4v) is 7.15. The van der Waals surface area contributed by atoms with Crippen molar-refractivity contribution in [3.8, 4) is 0 Å². The van der Waals surface area contributed by atoms with Gasteiger partial charge in [0, 0.05) is 32.8 Å². The summed E-state index contributed by atoms with van der Waals surface area (Å²) >= 11 is 5.69. The number of likely N-dealkylation sites (N-methyl/N-ethyl adjacent to an activating group) is 1. The summed E-state index contributed by atoms with van der Waals surface area (Å²) < 4.78 is 1.23. The van der Waals surface area contributed by atoms with E-state index in [0.29, 0.717) is 16.3 Å². The molecule has 0 aromatic heterocycles. The van der Waals surface area contributed by atoms with Gasteiger partial charge in [0.25, 0.3) is 11.8 Å². The molecule has 2 unspecified atom stereocenters. The maximum atomic E-state index is 13.1. The Kier molecular flexibility index (Phi) is 12.2. The predicted molar refractivity (Wildman–Crippen MR) is 133 cm³/mol. The highest BCUT2D eigenvalue weighted by Crippen LogP contribution is 2.38. The lowest BCUT2D eigenvalue weighted by molar-refractivity contribution is -0.128. The Morgan fingerprint density at radius 1 is 0.967 bits per heavy atom. The van der Waals surface area contributed by atoms with Crippen molar-refractivity contribution in [2.75, 3.05) is 44.9 Å². The van der Waals surface area contributed by atoms with Crippen molar-refractivity contribution in [2.45, 2.75) is 18.8 Å². The van der Waals surface area contributed by atoms with Crippen LogP contribution in [0.4, 0.5) is 5.69 Å². The third kappa shape index (κ3) is 6.33. The molecule has 2 amide bonds. The molecule has 0 fully saturated rings. The van der Waals surface area contributed by atoms with Crippen LogP contribution < -0.4 is 4.90 Å². The van der Waals surface area contributed by atoms with Crippen molar-refractivity contribution in [1.82, 2.24) is 4.90 Å². The second-order valence-corrected chi connectivity index (χ2v) is 9.47. The minimum absolute atomic E-state index is 0.139. The zero-order valence-electron chi connectivity index (χ0n) is 15.9.